The Kier molecular flexibility index (Phi) is 7.69. The van der Waals surface area contributed by atoms with Crippen molar-refractivity contribution >= 4 is 50.5 Å². The zero-order valence-corrected chi connectivity index (χ0v) is 22.1. The van der Waals surface area contributed by atoms with Crippen molar-refractivity contribution in [3.63, 3.8) is 0 Å². The number of nitrogens with zero attached hydrogens (tertiary/aromatic N) is 2. The molecule has 0 radical (unpaired) electrons. The molecule has 0 N–H and O–H groups in total. The quantitative estimate of drug-likeness (QED) is 0.371. The minimum absolute atomic E-state index is 0.0770. The van der Waals surface area contributed by atoms with Crippen LogP contribution in [0.1, 0.15) is 42.3 Å². The van der Waals surface area contributed by atoms with E-state index in [1.807, 2.05) is 42.6 Å². The number of amides is 1. The van der Waals surface area contributed by atoms with Gasteiger partial charge in [-0.15, -0.1) is 11.3 Å². The Hall–Kier alpha value is -1.90. The fourth-order valence-corrected chi connectivity index (χ4v) is 7.58. The molecule has 0 fully saturated rings. The second kappa shape index (κ2) is 10.4. The highest BCUT2D eigenvalue weighted by molar-refractivity contribution is 7.89. The number of hydrogen-bond donors (Lipinski definition) is 0. The lowest BCUT2D eigenvalue weighted by Gasteiger charge is -2.38. The van der Waals surface area contributed by atoms with Gasteiger partial charge >= 0.3 is 0 Å². The van der Waals surface area contributed by atoms with Crippen LogP contribution in [-0.4, -0.2) is 42.7 Å². The molecule has 0 saturated carbocycles. The van der Waals surface area contributed by atoms with Gasteiger partial charge in [-0.05, 0) is 60.5 Å². The van der Waals surface area contributed by atoms with Gasteiger partial charge < -0.3 is 4.90 Å². The molecule has 2 unspecified atom stereocenters. The van der Waals surface area contributed by atoms with Crippen LogP contribution in [-0.2, 0) is 21.2 Å². The lowest BCUT2D eigenvalue weighted by atomic mass is 9.93. The summed E-state index contributed by atoms with van der Waals surface area (Å²) in [7, 11) is -4.06. The Bertz CT molecular complexity index is 1280. The lowest BCUT2D eigenvalue weighted by Crippen LogP contribution is -2.49. The van der Waals surface area contributed by atoms with E-state index in [1.54, 1.807) is 23.2 Å². The highest BCUT2D eigenvalue weighted by Gasteiger charge is 2.37. The Morgan fingerprint density at radius 3 is 2.62 bits per heavy atom. The summed E-state index contributed by atoms with van der Waals surface area (Å²) >= 11 is 14.0. The van der Waals surface area contributed by atoms with E-state index >= 15 is 0 Å². The molecule has 0 saturated heterocycles. The molecule has 1 aliphatic heterocycles. The summed E-state index contributed by atoms with van der Waals surface area (Å²) in [5.41, 5.74) is 2.11. The fraction of sp³-hybridized carbons (Fsp3) is 0.320. The van der Waals surface area contributed by atoms with Crippen LogP contribution in [0.25, 0.3) is 0 Å². The largest absolute Gasteiger partial charge is 0.330 e. The van der Waals surface area contributed by atoms with Crippen LogP contribution in [0, 0.1) is 0 Å². The molecule has 0 aliphatic carbocycles. The smallest absolute Gasteiger partial charge is 0.245 e. The Labute approximate surface area is 215 Å². The number of carbonyl (C=O) groups excluding carboxylic acids is 1. The van der Waals surface area contributed by atoms with Crippen molar-refractivity contribution in [2.75, 3.05) is 13.1 Å². The molecule has 5 nitrogen and oxygen atoms in total. The molecule has 3 aromatic rings. The van der Waals surface area contributed by atoms with Gasteiger partial charge in [0.05, 0.1) is 17.6 Å². The van der Waals surface area contributed by atoms with Crippen LogP contribution < -0.4 is 0 Å². The summed E-state index contributed by atoms with van der Waals surface area (Å²) in [4.78, 5) is 16.7. The third-order valence-electron chi connectivity index (χ3n) is 6.25. The third kappa shape index (κ3) is 4.90. The topological polar surface area (TPSA) is 57.7 Å². The standard InChI is InChI=1S/C25H26Cl2N2O3S2/c1-3-17(2)29(34(31,32)23-15-19(26)9-10-21(23)27)16-24(30)28-13-11-22-20(12-14-33-22)25(28)18-7-5-4-6-8-18/h4-10,12,14-15,17,25H,3,11,13,16H2,1-2H3. The highest BCUT2D eigenvalue weighted by atomic mass is 35.5. The van der Waals surface area contributed by atoms with Gasteiger partial charge in [0.2, 0.25) is 15.9 Å². The average Bonchev–Trinajstić information content (AvgIpc) is 3.32. The van der Waals surface area contributed by atoms with E-state index in [9.17, 15) is 13.2 Å². The average molecular weight is 538 g/mol. The van der Waals surface area contributed by atoms with Crippen molar-refractivity contribution in [3.8, 4) is 0 Å². The number of thiophene rings is 1. The van der Waals surface area contributed by atoms with Crippen molar-refractivity contribution in [1.29, 1.82) is 0 Å². The molecule has 9 heteroatoms. The SMILES string of the molecule is CCC(C)N(CC(=O)N1CCc2sccc2C1c1ccccc1)S(=O)(=O)c1cc(Cl)ccc1Cl. The van der Waals surface area contributed by atoms with Gasteiger partial charge in [0.15, 0.2) is 0 Å². The fourth-order valence-electron chi connectivity index (χ4n) is 4.29. The predicted molar refractivity (Wildman–Crippen MR) is 138 cm³/mol. The van der Waals surface area contributed by atoms with Gasteiger partial charge in [0.1, 0.15) is 4.90 Å². The van der Waals surface area contributed by atoms with Crippen LogP contribution >= 0.6 is 34.5 Å². The van der Waals surface area contributed by atoms with Gasteiger partial charge in [-0.25, -0.2) is 8.42 Å². The molecule has 0 bridgehead atoms. The number of benzene rings is 2. The lowest BCUT2D eigenvalue weighted by molar-refractivity contribution is -0.133. The van der Waals surface area contributed by atoms with Crippen molar-refractivity contribution in [2.24, 2.45) is 0 Å². The molecule has 1 amide bonds. The van der Waals surface area contributed by atoms with Crippen molar-refractivity contribution in [3.05, 3.63) is 86.0 Å². The van der Waals surface area contributed by atoms with Gasteiger partial charge in [-0.1, -0.05) is 60.5 Å². The molecule has 0 spiro atoms. The molecule has 180 valence electrons. The normalized spacial score (nSPS) is 17.0. The van der Waals surface area contributed by atoms with E-state index < -0.39 is 16.1 Å². The molecule has 1 aliphatic rings. The number of sulfonamides is 1. The zero-order valence-electron chi connectivity index (χ0n) is 18.9. The first-order valence-corrected chi connectivity index (χ1v) is 14.2. The summed E-state index contributed by atoms with van der Waals surface area (Å²) in [6, 6.07) is 15.6. The number of fused-ring (bicyclic) bond motifs is 1. The van der Waals surface area contributed by atoms with Crippen LogP contribution in [0.15, 0.2) is 64.9 Å². The Morgan fingerprint density at radius 1 is 1.18 bits per heavy atom. The van der Waals surface area contributed by atoms with E-state index in [4.69, 9.17) is 23.2 Å². The van der Waals surface area contributed by atoms with Crippen molar-refractivity contribution in [2.45, 2.75) is 43.7 Å². The van der Waals surface area contributed by atoms with Gasteiger partial charge in [0, 0.05) is 22.5 Å². The third-order valence-corrected chi connectivity index (χ3v) is 9.93. The number of halogens is 2. The molecule has 1 aromatic heterocycles. The minimum atomic E-state index is -4.06. The molecular weight excluding hydrogens is 511 g/mol. The van der Waals surface area contributed by atoms with Crippen LogP contribution in [0.5, 0.6) is 0 Å². The molecule has 34 heavy (non-hydrogen) atoms. The van der Waals surface area contributed by atoms with Gasteiger partial charge in [0.25, 0.3) is 0 Å². The van der Waals surface area contributed by atoms with E-state index in [2.05, 4.69) is 6.07 Å². The van der Waals surface area contributed by atoms with E-state index in [0.717, 1.165) is 17.5 Å². The summed E-state index contributed by atoms with van der Waals surface area (Å²) < 4.78 is 28.5. The monoisotopic (exact) mass is 536 g/mol. The van der Waals surface area contributed by atoms with Crippen LogP contribution in [0.3, 0.4) is 0 Å². The first-order chi connectivity index (χ1) is 16.2. The minimum Gasteiger partial charge on any atom is -0.330 e. The van der Waals surface area contributed by atoms with Gasteiger partial charge in [-0.3, -0.25) is 4.79 Å². The maximum atomic E-state index is 13.7. The van der Waals surface area contributed by atoms with Crippen molar-refractivity contribution < 1.29 is 13.2 Å². The maximum absolute atomic E-state index is 13.7. The second-order valence-electron chi connectivity index (χ2n) is 8.33. The van der Waals surface area contributed by atoms with E-state index in [-0.39, 0.29) is 33.4 Å². The van der Waals surface area contributed by atoms with Crippen LogP contribution in [0.4, 0.5) is 0 Å². The van der Waals surface area contributed by atoms with E-state index in [1.165, 1.54) is 27.4 Å². The molecule has 2 heterocycles. The van der Waals surface area contributed by atoms with Crippen molar-refractivity contribution in [1.82, 2.24) is 9.21 Å². The molecule has 4 rings (SSSR count). The maximum Gasteiger partial charge on any atom is 0.245 e. The number of hydrogen-bond acceptors (Lipinski definition) is 4. The van der Waals surface area contributed by atoms with Gasteiger partial charge in [-0.2, -0.15) is 4.31 Å². The molecular formula is C25H26Cl2N2O3S2. The molecule has 2 atom stereocenters. The number of carbonyl (C=O) groups is 1. The second-order valence-corrected chi connectivity index (χ2v) is 12.0. The first kappa shape index (κ1) is 25.2. The Balaban J connectivity index is 1.70. The van der Waals surface area contributed by atoms with Crippen LogP contribution in [0.2, 0.25) is 10.0 Å². The number of rotatable bonds is 7. The highest BCUT2D eigenvalue weighted by Crippen LogP contribution is 2.38. The molecule has 2 aromatic carbocycles. The predicted octanol–water partition coefficient (Wildman–Crippen LogP) is 6.02. The van der Waals surface area contributed by atoms with E-state index in [0.29, 0.717) is 13.0 Å². The summed E-state index contributed by atoms with van der Waals surface area (Å²) in [5.74, 6) is -0.243. The summed E-state index contributed by atoms with van der Waals surface area (Å²) in [6.07, 6.45) is 1.29. The zero-order chi connectivity index (χ0) is 24.5. The summed E-state index contributed by atoms with van der Waals surface area (Å²) in [6.45, 7) is 3.94. The first-order valence-electron chi connectivity index (χ1n) is 11.1. The Morgan fingerprint density at radius 2 is 1.91 bits per heavy atom. The summed E-state index contributed by atoms with van der Waals surface area (Å²) in [5, 5.41) is 2.39.